The zero-order valence-electron chi connectivity index (χ0n) is 15.8. The van der Waals surface area contributed by atoms with Crippen LogP contribution in [0.3, 0.4) is 0 Å². The average Bonchev–Trinajstić information content (AvgIpc) is 2.75. The smallest absolute Gasteiger partial charge is 0.319 e. The van der Waals surface area contributed by atoms with Crippen LogP contribution >= 0.6 is 0 Å². The van der Waals surface area contributed by atoms with Crippen LogP contribution in [0.15, 0.2) is 48.8 Å². The molecule has 2 amide bonds. The summed E-state index contributed by atoms with van der Waals surface area (Å²) in [5.74, 6) is 0.899. The molecular formula is C21H23N5O2. The van der Waals surface area contributed by atoms with Gasteiger partial charge in [-0.1, -0.05) is 12.1 Å². The summed E-state index contributed by atoms with van der Waals surface area (Å²) in [6.45, 7) is 5.40. The predicted octanol–water partition coefficient (Wildman–Crippen LogP) is 3.10. The van der Waals surface area contributed by atoms with Crippen molar-refractivity contribution in [1.82, 2.24) is 15.3 Å². The number of hydrogen-bond acceptors (Lipinski definition) is 5. The Morgan fingerprint density at radius 3 is 2.75 bits per heavy atom. The second kappa shape index (κ2) is 8.22. The molecule has 0 atom stereocenters. The molecule has 7 nitrogen and oxygen atoms in total. The number of ether oxygens (including phenoxy) is 1. The maximum absolute atomic E-state index is 12.5. The molecule has 0 spiro atoms. The first-order valence-corrected chi connectivity index (χ1v) is 9.38. The first kappa shape index (κ1) is 18.2. The van der Waals surface area contributed by atoms with E-state index >= 15 is 0 Å². The van der Waals surface area contributed by atoms with E-state index in [2.05, 4.69) is 25.5 Å². The van der Waals surface area contributed by atoms with Gasteiger partial charge in [0.15, 0.2) is 0 Å². The third-order valence-electron chi connectivity index (χ3n) is 4.84. The molecule has 0 radical (unpaired) electrons. The zero-order valence-corrected chi connectivity index (χ0v) is 15.8. The topological polar surface area (TPSA) is 79.4 Å². The van der Waals surface area contributed by atoms with Gasteiger partial charge in [0.2, 0.25) is 0 Å². The number of amides is 2. The summed E-state index contributed by atoms with van der Waals surface area (Å²) in [6, 6.07) is 11.3. The number of pyridine rings is 2. The van der Waals surface area contributed by atoms with Crippen molar-refractivity contribution in [3.8, 4) is 0 Å². The van der Waals surface area contributed by atoms with E-state index in [-0.39, 0.29) is 6.03 Å². The molecule has 1 aromatic carbocycles. The van der Waals surface area contributed by atoms with Crippen LogP contribution in [0.1, 0.15) is 11.1 Å². The lowest BCUT2D eigenvalue weighted by Gasteiger charge is -2.29. The largest absolute Gasteiger partial charge is 0.378 e. The van der Waals surface area contributed by atoms with Crippen molar-refractivity contribution in [2.24, 2.45) is 0 Å². The molecule has 28 heavy (non-hydrogen) atoms. The first-order valence-electron chi connectivity index (χ1n) is 9.38. The van der Waals surface area contributed by atoms with Gasteiger partial charge < -0.3 is 20.3 Å². The SMILES string of the molecule is Cc1ccc(NC(=O)NCc2cccnc2N2CCOCC2)c2cccnc12. The molecule has 1 aliphatic rings. The second-order valence-electron chi connectivity index (χ2n) is 6.72. The van der Waals surface area contributed by atoms with Gasteiger partial charge in [-0.15, -0.1) is 0 Å². The highest BCUT2D eigenvalue weighted by molar-refractivity contribution is 6.01. The number of carbonyl (C=O) groups excluding carboxylic acids is 1. The van der Waals surface area contributed by atoms with E-state index in [0.29, 0.717) is 19.8 Å². The highest BCUT2D eigenvalue weighted by Crippen LogP contribution is 2.24. The van der Waals surface area contributed by atoms with E-state index in [1.807, 2.05) is 43.3 Å². The van der Waals surface area contributed by atoms with Crippen LogP contribution in [0, 0.1) is 6.92 Å². The van der Waals surface area contributed by atoms with E-state index < -0.39 is 0 Å². The van der Waals surface area contributed by atoms with Crippen LogP contribution in [0.5, 0.6) is 0 Å². The predicted molar refractivity (Wildman–Crippen MR) is 110 cm³/mol. The van der Waals surface area contributed by atoms with Gasteiger partial charge in [0.1, 0.15) is 5.82 Å². The molecule has 1 saturated heterocycles. The Labute approximate surface area is 163 Å². The lowest BCUT2D eigenvalue weighted by atomic mass is 10.1. The Bertz CT molecular complexity index is 985. The van der Waals surface area contributed by atoms with Gasteiger partial charge in [-0.05, 0) is 36.8 Å². The average molecular weight is 377 g/mol. The zero-order chi connectivity index (χ0) is 19.3. The minimum absolute atomic E-state index is 0.259. The van der Waals surface area contributed by atoms with Crippen LogP contribution in [-0.2, 0) is 11.3 Å². The van der Waals surface area contributed by atoms with Crippen molar-refractivity contribution in [2.75, 3.05) is 36.5 Å². The van der Waals surface area contributed by atoms with Crippen LogP contribution in [0.4, 0.5) is 16.3 Å². The van der Waals surface area contributed by atoms with Crippen molar-refractivity contribution in [1.29, 1.82) is 0 Å². The van der Waals surface area contributed by atoms with Gasteiger partial charge >= 0.3 is 6.03 Å². The van der Waals surface area contributed by atoms with Crippen LogP contribution in [0.2, 0.25) is 0 Å². The molecule has 2 N–H and O–H groups in total. The highest BCUT2D eigenvalue weighted by atomic mass is 16.5. The quantitative estimate of drug-likeness (QED) is 0.730. The molecular weight excluding hydrogens is 354 g/mol. The number of morpholine rings is 1. The molecule has 7 heteroatoms. The number of aromatic nitrogens is 2. The minimum Gasteiger partial charge on any atom is -0.378 e. The van der Waals surface area contributed by atoms with Gasteiger partial charge in [-0.3, -0.25) is 4.98 Å². The molecule has 144 valence electrons. The van der Waals surface area contributed by atoms with E-state index in [1.165, 1.54) is 0 Å². The van der Waals surface area contributed by atoms with E-state index in [0.717, 1.165) is 46.6 Å². The Morgan fingerprint density at radius 1 is 1.11 bits per heavy atom. The van der Waals surface area contributed by atoms with Gasteiger partial charge in [0, 0.05) is 43.0 Å². The number of carbonyl (C=O) groups is 1. The summed E-state index contributed by atoms with van der Waals surface area (Å²) in [7, 11) is 0. The fourth-order valence-electron chi connectivity index (χ4n) is 3.39. The van der Waals surface area contributed by atoms with Crippen molar-refractivity contribution in [3.63, 3.8) is 0 Å². The minimum atomic E-state index is -0.259. The summed E-state index contributed by atoms with van der Waals surface area (Å²) in [4.78, 5) is 23.6. The number of rotatable bonds is 4. The van der Waals surface area contributed by atoms with Crippen molar-refractivity contribution < 1.29 is 9.53 Å². The van der Waals surface area contributed by atoms with Gasteiger partial charge in [0.25, 0.3) is 0 Å². The van der Waals surface area contributed by atoms with Gasteiger partial charge in [0.05, 0.1) is 24.4 Å². The standard InChI is InChI=1S/C21H23N5O2/c1-15-6-7-18(17-5-3-8-22-19(15)17)25-21(27)24-14-16-4-2-9-23-20(16)26-10-12-28-13-11-26/h2-9H,10-14H2,1H3,(H2,24,25,27). The molecule has 1 fully saturated rings. The Kier molecular flexibility index (Phi) is 5.34. The number of nitrogens with zero attached hydrogens (tertiary/aromatic N) is 3. The third-order valence-corrected chi connectivity index (χ3v) is 4.84. The molecule has 4 rings (SSSR count). The number of urea groups is 1. The van der Waals surface area contributed by atoms with Crippen molar-refractivity contribution >= 4 is 28.4 Å². The summed E-state index contributed by atoms with van der Waals surface area (Å²) in [5, 5.41) is 6.80. The van der Waals surface area contributed by atoms with E-state index in [4.69, 9.17) is 4.74 Å². The monoisotopic (exact) mass is 377 g/mol. The Balaban J connectivity index is 1.45. The van der Waals surface area contributed by atoms with Crippen LogP contribution < -0.4 is 15.5 Å². The molecule has 0 unspecified atom stereocenters. The fourth-order valence-corrected chi connectivity index (χ4v) is 3.39. The molecule has 0 saturated carbocycles. The van der Waals surface area contributed by atoms with Gasteiger partial charge in [-0.25, -0.2) is 9.78 Å². The Morgan fingerprint density at radius 2 is 1.89 bits per heavy atom. The van der Waals surface area contributed by atoms with Gasteiger partial charge in [-0.2, -0.15) is 0 Å². The van der Waals surface area contributed by atoms with E-state index in [1.54, 1.807) is 12.4 Å². The molecule has 0 bridgehead atoms. The molecule has 2 aromatic heterocycles. The van der Waals surface area contributed by atoms with Crippen molar-refractivity contribution in [2.45, 2.75) is 13.5 Å². The number of hydrogen-bond donors (Lipinski definition) is 2. The first-order chi connectivity index (χ1) is 13.7. The van der Waals surface area contributed by atoms with Crippen molar-refractivity contribution in [3.05, 3.63) is 59.9 Å². The summed E-state index contributed by atoms with van der Waals surface area (Å²) >= 11 is 0. The second-order valence-corrected chi connectivity index (χ2v) is 6.72. The maximum atomic E-state index is 12.5. The Hall–Kier alpha value is -3.19. The number of fused-ring (bicyclic) bond motifs is 1. The lowest BCUT2D eigenvalue weighted by molar-refractivity contribution is 0.122. The normalized spacial score (nSPS) is 14.1. The summed E-state index contributed by atoms with van der Waals surface area (Å²) in [5.41, 5.74) is 3.69. The maximum Gasteiger partial charge on any atom is 0.319 e. The fraction of sp³-hybridized carbons (Fsp3) is 0.286. The summed E-state index contributed by atoms with van der Waals surface area (Å²) < 4.78 is 5.41. The number of anilines is 2. The number of aryl methyl sites for hydroxylation is 1. The molecule has 3 heterocycles. The van der Waals surface area contributed by atoms with E-state index in [9.17, 15) is 4.79 Å². The molecule has 0 aliphatic carbocycles. The van der Waals surface area contributed by atoms with Crippen LogP contribution in [0.25, 0.3) is 10.9 Å². The lowest BCUT2D eigenvalue weighted by Crippen LogP contribution is -2.38. The number of benzene rings is 1. The molecule has 3 aromatic rings. The third kappa shape index (κ3) is 3.89. The summed E-state index contributed by atoms with van der Waals surface area (Å²) in [6.07, 6.45) is 3.54. The highest BCUT2D eigenvalue weighted by Gasteiger charge is 2.16. The van der Waals surface area contributed by atoms with Crippen LogP contribution in [-0.4, -0.2) is 42.3 Å². The molecule has 1 aliphatic heterocycles. The number of nitrogens with one attached hydrogen (secondary N) is 2.